The Morgan fingerprint density at radius 1 is 0.316 bits per heavy atom. The van der Waals surface area contributed by atoms with E-state index in [1.807, 2.05) is 0 Å². The summed E-state index contributed by atoms with van der Waals surface area (Å²) in [6.07, 6.45) is 0. The molecule has 0 saturated heterocycles. The van der Waals surface area contributed by atoms with Gasteiger partial charge in [0.2, 0.25) is 0 Å². The van der Waals surface area contributed by atoms with Gasteiger partial charge < -0.3 is 9.47 Å². The normalized spacial score (nSPS) is 13.1. The van der Waals surface area contributed by atoms with E-state index in [-0.39, 0.29) is 0 Å². The first-order valence-electron chi connectivity index (χ1n) is 19.8. The first-order valence-corrected chi connectivity index (χ1v) is 19.8. The van der Waals surface area contributed by atoms with E-state index in [0.29, 0.717) is 0 Å². The van der Waals surface area contributed by atoms with Gasteiger partial charge in [0, 0.05) is 33.5 Å². The predicted molar refractivity (Wildman–Crippen MR) is 237 cm³/mol. The third-order valence-corrected chi connectivity index (χ3v) is 12.4. The lowest BCUT2D eigenvalue weighted by Gasteiger charge is -2.32. The van der Waals surface area contributed by atoms with Gasteiger partial charge in [0.05, 0.1) is 16.4 Å². The lowest BCUT2D eigenvalue weighted by molar-refractivity contribution is 0.793. The second-order valence-electron chi connectivity index (χ2n) is 15.3. The number of anilines is 3. The van der Waals surface area contributed by atoms with Gasteiger partial charge in [-0.15, -0.1) is 0 Å². The van der Waals surface area contributed by atoms with Crippen LogP contribution in [0.4, 0.5) is 17.1 Å². The first-order chi connectivity index (χ1) is 28.3. The zero-order chi connectivity index (χ0) is 37.5. The predicted octanol–water partition coefficient (Wildman–Crippen LogP) is 14.3. The zero-order valence-corrected chi connectivity index (χ0v) is 31.2. The van der Waals surface area contributed by atoms with Crippen LogP contribution in [0.3, 0.4) is 0 Å². The average Bonchev–Trinajstić information content (AvgIpc) is 3.89. The second kappa shape index (κ2) is 12.3. The first kappa shape index (κ1) is 31.9. The molecule has 10 aromatic rings. The van der Waals surface area contributed by atoms with Gasteiger partial charge in [-0.2, -0.15) is 0 Å². The zero-order valence-electron chi connectivity index (χ0n) is 31.2. The van der Waals surface area contributed by atoms with Gasteiger partial charge in [-0.25, -0.2) is 0 Å². The minimum Gasteiger partial charge on any atom is -0.310 e. The quantitative estimate of drug-likeness (QED) is 0.172. The highest BCUT2D eigenvalue weighted by atomic mass is 15.1. The van der Waals surface area contributed by atoms with Crippen LogP contribution in [0.25, 0.3) is 60.9 Å². The van der Waals surface area contributed by atoms with Gasteiger partial charge in [0.25, 0.3) is 0 Å². The molecule has 0 atom stereocenters. The fourth-order valence-electron chi connectivity index (χ4n) is 10.1. The summed E-state index contributed by atoms with van der Waals surface area (Å²) in [7, 11) is 0. The van der Waals surface area contributed by atoms with Crippen molar-refractivity contribution in [1.29, 1.82) is 0 Å². The second-order valence-corrected chi connectivity index (χ2v) is 15.3. The van der Waals surface area contributed by atoms with E-state index < -0.39 is 5.41 Å². The van der Waals surface area contributed by atoms with E-state index in [0.717, 1.165) is 22.7 Å². The van der Waals surface area contributed by atoms with Gasteiger partial charge in [-0.1, -0.05) is 164 Å². The highest BCUT2D eigenvalue weighted by Crippen LogP contribution is 2.63. The van der Waals surface area contributed by atoms with Crippen LogP contribution in [-0.4, -0.2) is 4.57 Å². The van der Waals surface area contributed by atoms with Crippen LogP contribution in [0.5, 0.6) is 0 Å². The summed E-state index contributed by atoms with van der Waals surface area (Å²) in [6, 6.07) is 80.5. The Hall–Kier alpha value is -7.42. The number of hydrogen-bond acceptors (Lipinski definition) is 1. The van der Waals surface area contributed by atoms with Crippen molar-refractivity contribution in [3.63, 3.8) is 0 Å². The maximum atomic E-state index is 2.49. The SMILES string of the molecule is c1ccc(-c2cccc(N(c3ccc4c(c3)C3(c5ccccc5-c5ccccc53)c3ccccc3-4)c3ccc4c5ccccc5n(-c5ccccc5)c4c3)c2)cc1. The van der Waals surface area contributed by atoms with Crippen LogP contribution in [-0.2, 0) is 5.41 Å². The molecule has 12 rings (SSSR count). The van der Waals surface area contributed by atoms with E-state index >= 15 is 0 Å². The summed E-state index contributed by atoms with van der Waals surface area (Å²) in [5.74, 6) is 0. The average molecular weight is 725 g/mol. The molecule has 0 aliphatic heterocycles. The lowest BCUT2D eigenvalue weighted by atomic mass is 9.70. The van der Waals surface area contributed by atoms with E-state index in [2.05, 4.69) is 228 Å². The molecule has 9 aromatic carbocycles. The third kappa shape index (κ3) is 4.53. The summed E-state index contributed by atoms with van der Waals surface area (Å²) >= 11 is 0. The van der Waals surface area contributed by atoms with Crippen molar-refractivity contribution in [3.8, 4) is 39.1 Å². The largest absolute Gasteiger partial charge is 0.310 e. The van der Waals surface area contributed by atoms with Crippen molar-refractivity contribution in [3.05, 3.63) is 241 Å². The summed E-state index contributed by atoms with van der Waals surface area (Å²) in [5.41, 5.74) is 19.4. The summed E-state index contributed by atoms with van der Waals surface area (Å²) < 4.78 is 2.41. The van der Waals surface area contributed by atoms with Gasteiger partial charge in [-0.05, 0) is 110 Å². The molecule has 1 aromatic heterocycles. The van der Waals surface area contributed by atoms with Gasteiger partial charge >= 0.3 is 0 Å². The molecular formula is C55H36N2. The van der Waals surface area contributed by atoms with E-state index in [9.17, 15) is 0 Å². The molecule has 2 nitrogen and oxygen atoms in total. The number of fused-ring (bicyclic) bond motifs is 13. The van der Waals surface area contributed by atoms with Crippen LogP contribution < -0.4 is 4.90 Å². The van der Waals surface area contributed by atoms with Crippen LogP contribution in [0.2, 0.25) is 0 Å². The molecular weight excluding hydrogens is 689 g/mol. The van der Waals surface area contributed by atoms with Crippen LogP contribution in [0.15, 0.2) is 218 Å². The van der Waals surface area contributed by atoms with Crippen molar-refractivity contribution in [2.75, 3.05) is 4.90 Å². The highest BCUT2D eigenvalue weighted by Gasteiger charge is 2.51. The Bertz CT molecular complexity index is 3130. The fourth-order valence-corrected chi connectivity index (χ4v) is 10.1. The molecule has 57 heavy (non-hydrogen) atoms. The molecule has 1 spiro atoms. The number of aromatic nitrogens is 1. The number of hydrogen-bond donors (Lipinski definition) is 0. The van der Waals surface area contributed by atoms with Crippen LogP contribution >= 0.6 is 0 Å². The van der Waals surface area contributed by atoms with Crippen molar-refractivity contribution in [1.82, 2.24) is 4.57 Å². The Balaban J connectivity index is 1.14. The number of nitrogens with zero attached hydrogens (tertiary/aromatic N) is 2. The highest BCUT2D eigenvalue weighted by molar-refractivity contribution is 6.10. The minimum atomic E-state index is -0.434. The molecule has 2 aliphatic rings. The lowest BCUT2D eigenvalue weighted by Crippen LogP contribution is -2.26. The summed E-state index contributed by atoms with van der Waals surface area (Å²) in [6.45, 7) is 0. The molecule has 0 unspecified atom stereocenters. The molecule has 0 bridgehead atoms. The van der Waals surface area contributed by atoms with Crippen molar-refractivity contribution in [2.24, 2.45) is 0 Å². The molecule has 2 heteroatoms. The fraction of sp³-hybridized carbons (Fsp3) is 0.0182. The third-order valence-electron chi connectivity index (χ3n) is 12.4. The maximum Gasteiger partial charge on any atom is 0.0726 e. The van der Waals surface area contributed by atoms with Crippen molar-refractivity contribution in [2.45, 2.75) is 5.41 Å². The molecule has 0 N–H and O–H groups in total. The molecule has 0 amide bonds. The molecule has 0 fully saturated rings. The van der Waals surface area contributed by atoms with Gasteiger partial charge in [0.15, 0.2) is 0 Å². The summed E-state index contributed by atoms with van der Waals surface area (Å²) in [4.78, 5) is 2.46. The maximum absolute atomic E-state index is 2.49. The smallest absolute Gasteiger partial charge is 0.0726 e. The number of benzene rings is 9. The Morgan fingerprint density at radius 3 is 1.53 bits per heavy atom. The molecule has 1 heterocycles. The Labute approximate surface area is 332 Å². The van der Waals surface area contributed by atoms with Crippen molar-refractivity contribution >= 4 is 38.9 Å². The standard InChI is InChI=1S/C55H36N2/c1-3-16-37(17-4-1)38-18-15-21-40(34-38)56(42-31-33-48-47-25-10-14-29-53(47)57(54(48)36-42)39-19-5-2-6-20-39)41-30-32-46-45-24-9-13-28-51(45)55(52(46)35-41)49-26-11-7-22-43(49)44-23-8-12-27-50(44)55/h1-36H. The number of para-hydroxylation sites is 2. The van der Waals surface area contributed by atoms with Crippen molar-refractivity contribution < 1.29 is 0 Å². The summed E-state index contributed by atoms with van der Waals surface area (Å²) in [5, 5.41) is 2.48. The molecule has 2 aliphatic carbocycles. The molecule has 0 saturated carbocycles. The number of rotatable bonds is 5. The van der Waals surface area contributed by atoms with Crippen LogP contribution in [0.1, 0.15) is 22.3 Å². The van der Waals surface area contributed by atoms with Crippen LogP contribution in [0, 0.1) is 0 Å². The monoisotopic (exact) mass is 724 g/mol. The minimum absolute atomic E-state index is 0.434. The van der Waals surface area contributed by atoms with E-state index in [1.54, 1.807) is 0 Å². The van der Waals surface area contributed by atoms with Gasteiger partial charge in [0.1, 0.15) is 0 Å². The molecule has 266 valence electrons. The molecule has 0 radical (unpaired) electrons. The topological polar surface area (TPSA) is 8.17 Å². The van der Waals surface area contributed by atoms with E-state index in [1.165, 1.54) is 77.4 Å². The Kier molecular flexibility index (Phi) is 6.88. The van der Waals surface area contributed by atoms with E-state index in [4.69, 9.17) is 0 Å². The van der Waals surface area contributed by atoms with Gasteiger partial charge in [-0.3, -0.25) is 0 Å². The Morgan fingerprint density at radius 2 is 0.825 bits per heavy atom.